The quantitative estimate of drug-likeness (QED) is 0.358. The second-order valence-corrected chi connectivity index (χ2v) is 11.3. The lowest BCUT2D eigenvalue weighted by atomic mass is 9.84. The van der Waals surface area contributed by atoms with Crippen molar-refractivity contribution in [2.45, 2.75) is 65.6 Å². The largest absolute Gasteiger partial charge is 0.486 e. The number of hydrogen-bond acceptors (Lipinski definition) is 5. The van der Waals surface area contributed by atoms with Crippen LogP contribution in [0, 0.1) is 20.8 Å². The molecule has 1 N–H and O–H groups in total. The van der Waals surface area contributed by atoms with Crippen molar-refractivity contribution in [1.29, 1.82) is 0 Å². The van der Waals surface area contributed by atoms with Gasteiger partial charge in [-0.25, -0.2) is 4.68 Å². The van der Waals surface area contributed by atoms with Crippen LogP contribution in [0.2, 0.25) is 0 Å². The Balaban J connectivity index is 1.50. The fourth-order valence-corrected chi connectivity index (χ4v) is 5.69. The molecule has 1 aromatic heterocycles. The van der Waals surface area contributed by atoms with Crippen LogP contribution in [0.3, 0.4) is 0 Å². The summed E-state index contributed by atoms with van der Waals surface area (Å²) in [5.41, 5.74) is 9.13. The van der Waals surface area contributed by atoms with E-state index in [9.17, 15) is 9.90 Å². The fourth-order valence-electron chi connectivity index (χ4n) is 5.69. The topological polar surface area (TPSA) is 80.5 Å². The third kappa shape index (κ3) is 5.16. The number of aromatic nitrogens is 3. The third-order valence-electron chi connectivity index (χ3n) is 7.61. The molecule has 198 valence electrons. The number of aliphatic carboxylic acids is 1. The summed E-state index contributed by atoms with van der Waals surface area (Å²) in [5, 5.41) is 18.3. The van der Waals surface area contributed by atoms with Crippen molar-refractivity contribution in [2.75, 3.05) is 6.54 Å². The molecule has 7 nitrogen and oxygen atoms in total. The molecule has 7 heteroatoms. The minimum Gasteiger partial charge on any atom is -0.486 e. The van der Waals surface area contributed by atoms with Crippen LogP contribution in [-0.2, 0) is 24.9 Å². The van der Waals surface area contributed by atoms with Crippen LogP contribution in [-0.4, -0.2) is 43.1 Å². The normalized spacial score (nSPS) is 16.1. The van der Waals surface area contributed by atoms with Gasteiger partial charge in [0.25, 0.3) is 0 Å². The van der Waals surface area contributed by atoms with Gasteiger partial charge in [0.1, 0.15) is 16.9 Å². The molecule has 2 heterocycles. The number of aryl methyl sites for hydroxylation is 4. The summed E-state index contributed by atoms with van der Waals surface area (Å²) >= 11 is 0. The van der Waals surface area contributed by atoms with Crippen LogP contribution in [0.1, 0.15) is 65.1 Å². The highest BCUT2D eigenvalue weighted by Crippen LogP contribution is 2.35. The van der Waals surface area contributed by atoms with Crippen LogP contribution < -0.4 is 4.74 Å². The van der Waals surface area contributed by atoms with Crippen molar-refractivity contribution in [3.05, 3.63) is 87.5 Å². The number of rotatable bonds is 6. The maximum Gasteiger partial charge on any atom is 0.304 e. The van der Waals surface area contributed by atoms with Gasteiger partial charge < -0.3 is 9.84 Å². The third-order valence-corrected chi connectivity index (χ3v) is 7.61. The van der Waals surface area contributed by atoms with E-state index in [0.717, 1.165) is 53.1 Å². The van der Waals surface area contributed by atoms with Crippen LogP contribution in [0.15, 0.2) is 48.5 Å². The lowest BCUT2D eigenvalue weighted by Gasteiger charge is -2.30. The van der Waals surface area contributed by atoms with Crippen molar-refractivity contribution < 1.29 is 14.6 Å². The predicted molar refractivity (Wildman–Crippen MR) is 149 cm³/mol. The standard InChI is InChI=1S/C31H36N4O3/c1-19-7-9-23-16-35(18-31(4,5)38-28(23)13-19)17-24-14-22(10-8-20(24)2)26(15-29(36)37)25-11-12-27-30(21(25)3)32-33-34(27)6/h7-14,26H,15-18H2,1-6H3,(H,36,37). The van der Waals surface area contributed by atoms with Crippen molar-refractivity contribution >= 4 is 17.0 Å². The molecule has 0 aliphatic carbocycles. The average molecular weight is 513 g/mol. The molecule has 4 aromatic rings. The smallest absolute Gasteiger partial charge is 0.304 e. The van der Waals surface area contributed by atoms with Gasteiger partial charge in [-0.3, -0.25) is 9.69 Å². The summed E-state index contributed by atoms with van der Waals surface area (Å²) in [5.74, 6) is -0.153. The number of benzene rings is 3. The molecule has 1 unspecified atom stereocenters. The van der Waals surface area contributed by atoms with Gasteiger partial charge in [-0.2, -0.15) is 0 Å². The molecule has 0 saturated heterocycles. The Hall–Kier alpha value is -3.71. The second kappa shape index (κ2) is 9.87. The highest BCUT2D eigenvalue weighted by atomic mass is 16.5. The highest BCUT2D eigenvalue weighted by Gasteiger charge is 2.30. The Morgan fingerprint density at radius 1 is 1.11 bits per heavy atom. The van der Waals surface area contributed by atoms with E-state index in [1.165, 1.54) is 22.3 Å². The van der Waals surface area contributed by atoms with E-state index in [1.54, 1.807) is 4.68 Å². The van der Waals surface area contributed by atoms with Crippen molar-refractivity contribution in [2.24, 2.45) is 7.05 Å². The first-order valence-corrected chi connectivity index (χ1v) is 13.1. The lowest BCUT2D eigenvalue weighted by Crippen LogP contribution is -2.40. The fraction of sp³-hybridized carbons (Fsp3) is 0.387. The van der Waals surface area contributed by atoms with Gasteiger partial charge in [0.05, 0.1) is 11.9 Å². The Kier molecular flexibility index (Phi) is 6.73. The lowest BCUT2D eigenvalue weighted by molar-refractivity contribution is -0.137. The van der Waals surface area contributed by atoms with Gasteiger partial charge in [0, 0.05) is 38.2 Å². The van der Waals surface area contributed by atoms with Gasteiger partial charge in [-0.05, 0) is 80.1 Å². The number of nitrogens with zero attached hydrogens (tertiary/aromatic N) is 4. The zero-order chi connectivity index (χ0) is 27.2. The SMILES string of the molecule is Cc1ccc2c(c1)OC(C)(C)CN(Cc1cc(C(CC(=O)O)c3ccc4c(nnn4C)c3C)ccc1C)C2. The number of fused-ring (bicyclic) bond motifs is 2. The van der Waals surface area contributed by atoms with Crippen molar-refractivity contribution in [3.63, 3.8) is 0 Å². The molecule has 38 heavy (non-hydrogen) atoms. The van der Waals surface area contributed by atoms with Crippen LogP contribution in [0.5, 0.6) is 5.75 Å². The Bertz CT molecular complexity index is 1520. The molecule has 1 atom stereocenters. The van der Waals surface area contributed by atoms with Crippen LogP contribution in [0.25, 0.3) is 11.0 Å². The van der Waals surface area contributed by atoms with Gasteiger partial charge >= 0.3 is 5.97 Å². The maximum atomic E-state index is 12.0. The molecule has 5 rings (SSSR count). The molecule has 1 aliphatic heterocycles. The number of hydrogen-bond donors (Lipinski definition) is 1. The molecule has 0 spiro atoms. The first-order valence-electron chi connectivity index (χ1n) is 13.1. The van der Waals surface area contributed by atoms with Gasteiger partial charge in [-0.15, -0.1) is 5.10 Å². The average Bonchev–Trinajstić information content (AvgIpc) is 3.16. The Morgan fingerprint density at radius 2 is 1.89 bits per heavy atom. The Labute approximate surface area is 224 Å². The first kappa shape index (κ1) is 25.9. The zero-order valence-electron chi connectivity index (χ0n) is 23.1. The molecule has 3 aromatic carbocycles. The van der Waals surface area contributed by atoms with Crippen molar-refractivity contribution in [1.82, 2.24) is 19.9 Å². The summed E-state index contributed by atoms with van der Waals surface area (Å²) in [6, 6.07) is 16.8. The Morgan fingerprint density at radius 3 is 2.66 bits per heavy atom. The van der Waals surface area contributed by atoms with E-state index in [-0.39, 0.29) is 17.9 Å². The van der Waals surface area contributed by atoms with Gasteiger partial charge in [0.15, 0.2) is 0 Å². The van der Waals surface area contributed by atoms with Crippen molar-refractivity contribution in [3.8, 4) is 5.75 Å². The summed E-state index contributed by atoms with van der Waals surface area (Å²) in [6.07, 6.45) is 0.00637. The van der Waals surface area contributed by atoms with E-state index in [4.69, 9.17) is 4.74 Å². The monoisotopic (exact) mass is 512 g/mol. The molecule has 0 radical (unpaired) electrons. The predicted octanol–water partition coefficient (Wildman–Crippen LogP) is 5.67. The molecule has 0 bridgehead atoms. The zero-order valence-corrected chi connectivity index (χ0v) is 23.1. The molecular formula is C31H36N4O3. The van der Waals surface area contributed by atoms with E-state index in [1.807, 2.05) is 26.1 Å². The molecular weight excluding hydrogens is 476 g/mol. The number of carboxylic acid groups (broad SMARTS) is 1. The van der Waals surface area contributed by atoms with E-state index in [0.29, 0.717) is 0 Å². The first-order chi connectivity index (χ1) is 18.0. The van der Waals surface area contributed by atoms with E-state index in [2.05, 4.69) is 79.3 Å². The summed E-state index contributed by atoms with van der Waals surface area (Å²) in [7, 11) is 1.87. The molecule has 0 fully saturated rings. The molecule has 1 aliphatic rings. The number of carbonyl (C=O) groups is 1. The van der Waals surface area contributed by atoms with Crippen LogP contribution >= 0.6 is 0 Å². The van der Waals surface area contributed by atoms with E-state index < -0.39 is 5.97 Å². The number of ether oxygens (including phenoxy) is 1. The number of carboxylic acids is 1. The maximum absolute atomic E-state index is 12.0. The molecule has 0 amide bonds. The summed E-state index contributed by atoms with van der Waals surface area (Å²) in [6.45, 7) is 12.8. The molecule has 0 saturated carbocycles. The van der Waals surface area contributed by atoms with Gasteiger partial charge in [-0.1, -0.05) is 41.6 Å². The summed E-state index contributed by atoms with van der Waals surface area (Å²) < 4.78 is 8.16. The minimum absolute atomic E-state index is 0.00637. The highest BCUT2D eigenvalue weighted by molar-refractivity contribution is 5.80. The van der Waals surface area contributed by atoms with Crippen LogP contribution in [0.4, 0.5) is 0 Å². The van der Waals surface area contributed by atoms with Gasteiger partial charge in [0.2, 0.25) is 0 Å². The summed E-state index contributed by atoms with van der Waals surface area (Å²) in [4.78, 5) is 14.4. The second-order valence-electron chi connectivity index (χ2n) is 11.3. The minimum atomic E-state index is -0.825. The van der Waals surface area contributed by atoms with E-state index >= 15 is 0 Å².